The van der Waals surface area contributed by atoms with Crippen molar-refractivity contribution in [3.05, 3.63) is 54.2 Å². The summed E-state index contributed by atoms with van der Waals surface area (Å²) in [4.78, 5) is 29.9. The first kappa shape index (κ1) is 20.0. The van der Waals surface area contributed by atoms with Gasteiger partial charge in [-0.15, -0.1) is 0 Å². The van der Waals surface area contributed by atoms with Crippen LogP contribution in [-0.4, -0.2) is 43.1 Å². The highest BCUT2D eigenvalue weighted by molar-refractivity contribution is 6.21. The minimum absolute atomic E-state index is 0.162. The van der Waals surface area contributed by atoms with Crippen LogP contribution in [0.4, 0.5) is 5.69 Å². The lowest BCUT2D eigenvalue weighted by Crippen LogP contribution is -2.92. The van der Waals surface area contributed by atoms with Crippen LogP contribution >= 0.6 is 0 Å². The standard InChI is InChI=1S/C23H25N3O4/c1-3-30-17-6-4-16(5-7-17)26-22(27)13-21(23(26)28)24-11-10-15-14-25-20-9-8-18(29-2)12-19(15)20/h4-9,12,14,21,24-25H,3,10-11,13H2,1-2H3/p+1/t21-/m0/s1. The van der Waals surface area contributed by atoms with E-state index in [-0.39, 0.29) is 24.3 Å². The number of nitrogens with zero attached hydrogens (tertiary/aromatic N) is 1. The highest BCUT2D eigenvalue weighted by Crippen LogP contribution is 2.25. The van der Waals surface area contributed by atoms with E-state index in [1.807, 2.05) is 36.6 Å². The van der Waals surface area contributed by atoms with Crippen molar-refractivity contribution in [3.8, 4) is 11.5 Å². The van der Waals surface area contributed by atoms with Gasteiger partial charge in [0, 0.05) is 23.5 Å². The number of hydrogen-bond acceptors (Lipinski definition) is 4. The summed E-state index contributed by atoms with van der Waals surface area (Å²) in [6.45, 7) is 3.20. The Labute approximate surface area is 175 Å². The van der Waals surface area contributed by atoms with Crippen LogP contribution in [-0.2, 0) is 16.0 Å². The summed E-state index contributed by atoms with van der Waals surface area (Å²) in [7, 11) is 1.65. The first-order valence-electron chi connectivity index (χ1n) is 10.2. The lowest BCUT2D eigenvalue weighted by atomic mass is 10.1. The normalized spacial score (nSPS) is 16.5. The van der Waals surface area contributed by atoms with Crippen molar-refractivity contribution < 1.29 is 24.4 Å². The molecule has 156 valence electrons. The molecule has 0 spiro atoms. The zero-order chi connectivity index (χ0) is 21.1. The van der Waals surface area contributed by atoms with E-state index in [1.54, 1.807) is 31.4 Å². The summed E-state index contributed by atoms with van der Waals surface area (Å²) in [5.74, 6) is 1.21. The van der Waals surface area contributed by atoms with E-state index in [9.17, 15) is 9.59 Å². The molecule has 0 radical (unpaired) electrons. The molecule has 1 atom stereocenters. The van der Waals surface area contributed by atoms with Crippen molar-refractivity contribution >= 4 is 28.4 Å². The topological polar surface area (TPSA) is 88.2 Å². The van der Waals surface area contributed by atoms with Gasteiger partial charge in [0.05, 0.1) is 32.4 Å². The van der Waals surface area contributed by atoms with Gasteiger partial charge < -0.3 is 19.8 Å². The number of aromatic amines is 1. The fourth-order valence-electron chi connectivity index (χ4n) is 3.90. The van der Waals surface area contributed by atoms with E-state index < -0.39 is 0 Å². The van der Waals surface area contributed by atoms with Crippen molar-refractivity contribution in [2.75, 3.05) is 25.2 Å². The molecule has 30 heavy (non-hydrogen) atoms. The Bertz CT molecular complexity index is 1060. The highest BCUT2D eigenvalue weighted by atomic mass is 16.5. The number of aromatic nitrogens is 1. The molecule has 3 aromatic rings. The van der Waals surface area contributed by atoms with Crippen LogP contribution in [0.1, 0.15) is 18.9 Å². The summed E-state index contributed by atoms with van der Waals surface area (Å²) in [6.07, 6.45) is 2.99. The van der Waals surface area contributed by atoms with E-state index >= 15 is 0 Å². The molecule has 7 nitrogen and oxygen atoms in total. The second kappa shape index (κ2) is 8.59. The second-order valence-corrected chi connectivity index (χ2v) is 7.30. The van der Waals surface area contributed by atoms with Gasteiger partial charge in [0.25, 0.3) is 5.91 Å². The quantitative estimate of drug-likeness (QED) is 0.558. The molecule has 3 N–H and O–H groups in total. The number of fused-ring (bicyclic) bond motifs is 1. The van der Waals surface area contributed by atoms with Crippen LogP contribution in [0, 0.1) is 0 Å². The smallest absolute Gasteiger partial charge is 0.292 e. The maximum absolute atomic E-state index is 12.8. The largest absolute Gasteiger partial charge is 0.497 e. The molecule has 2 heterocycles. The number of quaternary nitrogens is 1. The number of ether oxygens (including phenoxy) is 2. The molecule has 1 aromatic heterocycles. The average Bonchev–Trinajstić information content (AvgIpc) is 3.29. The molecule has 0 unspecified atom stereocenters. The summed E-state index contributed by atoms with van der Waals surface area (Å²) < 4.78 is 10.7. The van der Waals surface area contributed by atoms with Crippen LogP contribution < -0.4 is 19.7 Å². The van der Waals surface area contributed by atoms with E-state index in [2.05, 4.69) is 4.98 Å². The van der Waals surface area contributed by atoms with Crippen LogP contribution in [0.25, 0.3) is 10.9 Å². The molecular formula is C23H26N3O4+. The minimum Gasteiger partial charge on any atom is -0.497 e. The third kappa shape index (κ3) is 3.89. The molecule has 7 heteroatoms. The van der Waals surface area contributed by atoms with Gasteiger partial charge >= 0.3 is 0 Å². The van der Waals surface area contributed by atoms with Crippen molar-refractivity contribution in [1.82, 2.24) is 4.98 Å². The van der Waals surface area contributed by atoms with E-state index in [4.69, 9.17) is 9.47 Å². The molecular weight excluding hydrogens is 382 g/mol. The third-order valence-electron chi connectivity index (χ3n) is 5.43. The maximum atomic E-state index is 12.8. The number of H-pyrrole nitrogens is 1. The number of nitrogens with two attached hydrogens (primary N) is 1. The summed E-state index contributed by atoms with van der Waals surface area (Å²) in [6, 6.07) is 12.6. The Morgan fingerprint density at radius 2 is 1.90 bits per heavy atom. The molecule has 2 aromatic carbocycles. The molecule has 1 aliphatic heterocycles. The number of methoxy groups -OCH3 is 1. The predicted octanol–water partition coefficient (Wildman–Crippen LogP) is 2.01. The van der Waals surface area contributed by atoms with Gasteiger partial charge in [0.15, 0.2) is 6.04 Å². The highest BCUT2D eigenvalue weighted by Gasteiger charge is 2.42. The number of amides is 2. The lowest BCUT2D eigenvalue weighted by Gasteiger charge is -2.15. The monoisotopic (exact) mass is 408 g/mol. The van der Waals surface area contributed by atoms with Crippen molar-refractivity contribution in [2.45, 2.75) is 25.8 Å². The van der Waals surface area contributed by atoms with Gasteiger partial charge in [-0.05, 0) is 55.0 Å². The van der Waals surface area contributed by atoms with Crippen LogP contribution in [0.5, 0.6) is 11.5 Å². The van der Waals surface area contributed by atoms with E-state index in [1.165, 1.54) is 10.5 Å². The Kier molecular flexibility index (Phi) is 5.72. The van der Waals surface area contributed by atoms with Gasteiger partial charge in [-0.25, -0.2) is 4.90 Å². The van der Waals surface area contributed by atoms with E-state index in [0.29, 0.717) is 18.8 Å². The van der Waals surface area contributed by atoms with Gasteiger partial charge in [-0.3, -0.25) is 9.59 Å². The Balaban J connectivity index is 1.39. The predicted molar refractivity (Wildman–Crippen MR) is 114 cm³/mol. The molecule has 4 rings (SSSR count). The van der Waals surface area contributed by atoms with Crippen molar-refractivity contribution in [3.63, 3.8) is 0 Å². The first-order chi connectivity index (χ1) is 14.6. The third-order valence-corrected chi connectivity index (χ3v) is 5.43. The zero-order valence-electron chi connectivity index (χ0n) is 17.2. The lowest BCUT2D eigenvalue weighted by molar-refractivity contribution is -0.674. The number of imide groups is 1. The maximum Gasteiger partial charge on any atom is 0.292 e. The Morgan fingerprint density at radius 3 is 2.63 bits per heavy atom. The molecule has 1 saturated heterocycles. The van der Waals surface area contributed by atoms with Crippen LogP contribution in [0.2, 0.25) is 0 Å². The van der Waals surface area contributed by atoms with Crippen molar-refractivity contribution in [2.24, 2.45) is 0 Å². The molecule has 2 amide bonds. The zero-order valence-corrected chi connectivity index (χ0v) is 17.2. The summed E-state index contributed by atoms with van der Waals surface area (Å²) in [5, 5.41) is 3.08. The Hall–Kier alpha value is -3.32. The van der Waals surface area contributed by atoms with Gasteiger partial charge in [0.1, 0.15) is 11.5 Å². The average molecular weight is 408 g/mol. The van der Waals surface area contributed by atoms with Crippen molar-refractivity contribution in [1.29, 1.82) is 0 Å². The van der Waals surface area contributed by atoms with Gasteiger partial charge in [0.2, 0.25) is 5.91 Å². The first-order valence-corrected chi connectivity index (χ1v) is 10.2. The number of carbonyl (C=O) groups is 2. The molecule has 0 aliphatic carbocycles. The second-order valence-electron chi connectivity index (χ2n) is 7.30. The molecule has 0 saturated carbocycles. The number of nitrogens with one attached hydrogen (secondary N) is 1. The van der Waals surface area contributed by atoms with Crippen LogP contribution in [0.3, 0.4) is 0 Å². The molecule has 1 fully saturated rings. The molecule has 1 aliphatic rings. The summed E-state index contributed by atoms with van der Waals surface area (Å²) in [5.41, 5.74) is 2.81. The number of rotatable bonds is 8. The number of carbonyl (C=O) groups excluding carboxylic acids is 2. The number of anilines is 1. The molecule has 0 bridgehead atoms. The van der Waals surface area contributed by atoms with Gasteiger partial charge in [-0.2, -0.15) is 0 Å². The fraction of sp³-hybridized carbons (Fsp3) is 0.304. The van der Waals surface area contributed by atoms with E-state index in [0.717, 1.165) is 28.8 Å². The van der Waals surface area contributed by atoms with Gasteiger partial charge in [-0.1, -0.05) is 0 Å². The number of benzene rings is 2. The SMILES string of the molecule is CCOc1ccc(N2C(=O)C[C@H]([NH2+]CCc3c[nH]c4ccc(OC)cc34)C2=O)cc1. The van der Waals surface area contributed by atoms with Crippen LogP contribution in [0.15, 0.2) is 48.7 Å². The summed E-state index contributed by atoms with van der Waals surface area (Å²) >= 11 is 0. The number of hydrogen-bond donors (Lipinski definition) is 2. The Morgan fingerprint density at radius 1 is 1.13 bits per heavy atom. The minimum atomic E-state index is -0.385. The fourth-order valence-corrected chi connectivity index (χ4v) is 3.90.